The maximum atomic E-state index is 14.1. The van der Waals surface area contributed by atoms with Crippen molar-refractivity contribution in [3.05, 3.63) is 72.4 Å². The molecule has 1 aromatic heterocycles. The molecule has 0 saturated carbocycles. The van der Waals surface area contributed by atoms with Crippen molar-refractivity contribution in [2.45, 2.75) is 23.0 Å². The molecule has 1 N–H and O–H groups in total. The molecule has 2 aliphatic heterocycles. The Bertz CT molecular complexity index is 1150. The van der Waals surface area contributed by atoms with Gasteiger partial charge in [0.1, 0.15) is 5.82 Å². The summed E-state index contributed by atoms with van der Waals surface area (Å²) in [7, 11) is -1.87. The normalized spacial score (nSPS) is 24.3. The van der Waals surface area contributed by atoms with Crippen molar-refractivity contribution in [1.82, 2.24) is 19.2 Å². The monoisotopic (exact) mass is 412 g/mol. The minimum Gasteiger partial charge on any atom is -0.339 e. The molecule has 29 heavy (non-hydrogen) atoms. The van der Waals surface area contributed by atoms with Crippen LogP contribution in [0.25, 0.3) is 11.1 Å². The Morgan fingerprint density at radius 1 is 1.07 bits per heavy atom. The first kappa shape index (κ1) is 18.5. The lowest BCUT2D eigenvalue weighted by molar-refractivity contribution is 0.0368. The van der Waals surface area contributed by atoms with Crippen molar-refractivity contribution < 1.29 is 12.8 Å². The Kier molecular flexibility index (Phi) is 4.31. The van der Waals surface area contributed by atoms with Crippen molar-refractivity contribution in [3.8, 4) is 11.1 Å². The van der Waals surface area contributed by atoms with Crippen LogP contribution >= 0.6 is 0 Å². The first-order valence-corrected chi connectivity index (χ1v) is 11.0. The summed E-state index contributed by atoms with van der Waals surface area (Å²) in [4.78, 5) is 4.05. The molecule has 0 aliphatic carbocycles. The average Bonchev–Trinajstić information content (AvgIpc) is 3.17. The highest BCUT2D eigenvalue weighted by molar-refractivity contribution is 7.89. The second-order valence-electron chi connectivity index (χ2n) is 7.63. The fourth-order valence-corrected chi connectivity index (χ4v) is 6.36. The van der Waals surface area contributed by atoms with E-state index in [1.54, 1.807) is 28.1 Å². The number of sulfonamides is 1. The highest BCUT2D eigenvalue weighted by atomic mass is 32.2. The first-order chi connectivity index (χ1) is 14.0. The lowest BCUT2D eigenvalue weighted by atomic mass is 9.74. The summed E-state index contributed by atoms with van der Waals surface area (Å²) in [5.74, 6) is -0.137. The topological polar surface area (TPSA) is 67.2 Å². The smallest absolute Gasteiger partial charge is 0.262 e. The van der Waals surface area contributed by atoms with E-state index < -0.39 is 10.0 Å². The van der Waals surface area contributed by atoms with Crippen LogP contribution in [0.1, 0.15) is 11.5 Å². The number of piperazine rings is 1. The van der Waals surface area contributed by atoms with Crippen LogP contribution in [-0.4, -0.2) is 47.4 Å². The van der Waals surface area contributed by atoms with E-state index in [1.165, 1.54) is 18.6 Å². The summed E-state index contributed by atoms with van der Waals surface area (Å²) in [6.07, 6.45) is 3.04. The summed E-state index contributed by atoms with van der Waals surface area (Å²) in [5, 5.41) is 3.39. The minimum atomic E-state index is -3.63. The van der Waals surface area contributed by atoms with Crippen molar-refractivity contribution in [1.29, 1.82) is 0 Å². The van der Waals surface area contributed by atoms with E-state index in [0.29, 0.717) is 18.7 Å². The molecular formula is C21H21FN4O2S. The number of hydrogen-bond acceptors (Lipinski definition) is 4. The molecule has 8 heteroatoms. The van der Waals surface area contributed by atoms with Gasteiger partial charge in [-0.15, -0.1) is 0 Å². The van der Waals surface area contributed by atoms with E-state index in [9.17, 15) is 12.8 Å². The Hall–Kier alpha value is -2.55. The summed E-state index contributed by atoms with van der Waals surface area (Å²) < 4.78 is 43.4. The second kappa shape index (κ2) is 6.76. The maximum absolute atomic E-state index is 14.1. The van der Waals surface area contributed by atoms with Gasteiger partial charge in [-0.2, -0.15) is 4.31 Å². The summed E-state index contributed by atoms with van der Waals surface area (Å²) in [6, 6.07) is 14.2. The van der Waals surface area contributed by atoms with Gasteiger partial charge in [0.25, 0.3) is 10.0 Å². The van der Waals surface area contributed by atoms with Crippen molar-refractivity contribution in [3.63, 3.8) is 0 Å². The third-order valence-electron chi connectivity index (χ3n) is 5.89. The predicted molar refractivity (Wildman–Crippen MR) is 107 cm³/mol. The number of aryl methyl sites for hydroxylation is 1. The number of nitrogens with one attached hydrogen (secondary N) is 1. The van der Waals surface area contributed by atoms with Gasteiger partial charge in [-0.3, -0.25) is 0 Å². The van der Waals surface area contributed by atoms with Crippen LogP contribution in [0.15, 0.2) is 66.1 Å². The third kappa shape index (κ3) is 2.90. The van der Waals surface area contributed by atoms with Crippen LogP contribution in [0.4, 0.5) is 4.39 Å². The fraction of sp³-hybridized carbons (Fsp3) is 0.286. The molecule has 1 unspecified atom stereocenters. The SMILES string of the molecule is Cn1cnc(S(=O)(=O)N2[C@@H]3CNC[C@H]2C3c2ccc(-c3ccccc3F)cc2)c1. The van der Waals surface area contributed by atoms with Crippen molar-refractivity contribution in [2.75, 3.05) is 13.1 Å². The highest BCUT2D eigenvalue weighted by Crippen LogP contribution is 2.45. The van der Waals surface area contributed by atoms with Gasteiger partial charge >= 0.3 is 0 Å². The molecule has 3 aromatic rings. The molecule has 2 fully saturated rings. The van der Waals surface area contributed by atoms with Crippen LogP contribution in [0.2, 0.25) is 0 Å². The summed E-state index contributed by atoms with van der Waals surface area (Å²) >= 11 is 0. The molecular weight excluding hydrogens is 391 g/mol. The number of halogens is 1. The molecule has 0 spiro atoms. The van der Waals surface area contributed by atoms with Crippen LogP contribution in [0.5, 0.6) is 0 Å². The Balaban J connectivity index is 1.43. The zero-order valence-electron chi connectivity index (χ0n) is 15.9. The molecule has 5 rings (SSSR count). The van der Waals surface area contributed by atoms with E-state index in [-0.39, 0.29) is 28.8 Å². The van der Waals surface area contributed by atoms with Crippen molar-refractivity contribution in [2.24, 2.45) is 7.05 Å². The number of piperidine rings is 1. The van der Waals surface area contributed by atoms with E-state index in [4.69, 9.17) is 0 Å². The standard InChI is InChI=1S/C21H21FN4O2S/c1-25-12-20(24-13-25)29(27,28)26-18-10-23-11-19(26)21(18)15-8-6-14(7-9-15)16-4-2-3-5-17(16)22/h2-9,12-13,18-19,21,23H,10-11H2,1H3/t18-,19+,21?. The third-order valence-corrected chi connectivity index (χ3v) is 7.73. The molecule has 2 saturated heterocycles. The number of nitrogens with zero attached hydrogens (tertiary/aromatic N) is 3. The van der Waals surface area contributed by atoms with Gasteiger partial charge in [-0.25, -0.2) is 17.8 Å². The molecule has 6 nitrogen and oxygen atoms in total. The number of benzene rings is 2. The number of imidazole rings is 1. The maximum Gasteiger partial charge on any atom is 0.262 e. The van der Waals surface area contributed by atoms with Crippen LogP contribution < -0.4 is 5.32 Å². The number of hydrogen-bond donors (Lipinski definition) is 1. The van der Waals surface area contributed by atoms with E-state index in [0.717, 1.165) is 11.1 Å². The number of rotatable bonds is 4. The van der Waals surface area contributed by atoms with Crippen LogP contribution in [-0.2, 0) is 17.1 Å². The molecule has 3 heterocycles. The summed E-state index contributed by atoms with van der Waals surface area (Å²) in [6.45, 7) is 1.20. The summed E-state index contributed by atoms with van der Waals surface area (Å²) in [5.41, 5.74) is 2.45. The van der Waals surface area contributed by atoms with Gasteiger partial charge in [0.15, 0.2) is 5.03 Å². The molecule has 3 atom stereocenters. The van der Waals surface area contributed by atoms with E-state index >= 15 is 0 Å². The lowest BCUT2D eigenvalue weighted by Gasteiger charge is -2.57. The zero-order valence-corrected chi connectivity index (χ0v) is 16.7. The Morgan fingerprint density at radius 3 is 2.38 bits per heavy atom. The van der Waals surface area contributed by atoms with E-state index in [2.05, 4.69) is 10.3 Å². The van der Waals surface area contributed by atoms with Crippen LogP contribution in [0.3, 0.4) is 0 Å². The van der Waals surface area contributed by atoms with E-state index in [1.807, 2.05) is 30.3 Å². The zero-order chi connectivity index (χ0) is 20.2. The lowest BCUT2D eigenvalue weighted by Crippen LogP contribution is -2.73. The quantitative estimate of drug-likeness (QED) is 0.714. The largest absolute Gasteiger partial charge is 0.339 e. The van der Waals surface area contributed by atoms with Gasteiger partial charge in [-0.1, -0.05) is 42.5 Å². The predicted octanol–water partition coefficient (Wildman–Crippen LogP) is 2.35. The second-order valence-corrected chi connectivity index (χ2v) is 9.42. The highest BCUT2D eigenvalue weighted by Gasteiger charge is 2.57. The molecule has 0 radical (unpaired) electrons. The van der Waals surface area contributed by atoms with Gasteiger partial charge in [0.2, 0.25) is 0 Å². The number of aromatic nitrogens is 2. The Labute approximate surface area is 169 Å². The van der Waals surface area contributed by atoms with Gasteiger partial charge in [0.05, 0.1) is 6.33 Å². The molecule has 0 amide bonds. The molecule has 2 bridgehead atoms. The molecule has 2 aromatic carbocycles. The fourth-order valence-electron chi connectivity index (χ4n) is 4.54. The molecule has 150 valence electrons. The van der Waals surface area contributed by atoms with Gasteiger partial charge in [-0.05, 0) is 17.2 Å². The first-order valence-electron chi connectivity index (χ1n) is 9.54. The van der Waals surface area contributed by atoms with Gasteiger partial charge < -0.3 is 9.88 Å². The Morgan fingerprint density at radius 2 is 1.76 bits per heavy atom. The van der Waals surface area contributed by atoms with Crippen LogP contribution in [0, 0.1) is 5.82 Å². The minimum absolute atomic E-state index is 0.0882. The average molecular weight is 412 g/mol. The van der Waals surface area contributed by atoms with Crippen molar-refractivity contribution >= 4 is 10.0 Å². The molecule has 2 aliphatic rings. The van der Waals surface area contributed by atoms with Gasteiger partial charge in [0, 0.05) is 49.9 Å². The number of fused-ring (bicyclic) bond motifs is 2.